The van der Waals surface area contributed by atoms with Crippen molar-refractivity contribution in [2.24, 2.45) is 0 Å². The van der Waals surface area contributed by atoms with Crippen LogP contribution in [0.3, 0.4) is 0 Å². The first-order valence-electron chi connectivity index (χ1n) is 7.82. The Labute approximate surface area is 139 Å². The van der Waals surface area contributed by atoms with Gasteiger partial charge in [-0.15, -0.1) is 0 Å². The van der Waals surface area contributed by atoms with Gasteiger partial charge in [-0.25, -0.2) is 4.79 Å². The first kappa shape index (κ1) is 16.2. The molecule has 0 aromatic carbocycles. The standard InChI is InChI=1S/C15H19N5O4/c1-4-23-13(21)10-9(2)24-19-11(10)12-16-14(18-15(17-12)22-3)20-7-5-6-8-20/h4-8H2,1-3H3. The van der Waals surface area contributed by atoms with Crippen LogP contribution >= 0.6 is 0 Å². The van der Waals surface area contributed by atoms with Gasteiger partial charge in [0, 0.05) is 13.1 Å². The number of aromatic nitrogens is 4. The second-order valence-corrected chi connectivity index (χ2v) is 5.32. The van der Waals surface area contributed by atoms with Gasteiger partial charge in [0.25, 0.3) is 0 Å². The second-order valence-electron chi connectivity index (χ2n) is 5.32. The number of hydrogen-bond donors (Lipinski definition) is 0. The van der Waals surface area contributed by atoms with Crippen LogP contribution in [0, 0.1) is 6.92 Å². The van der Waals surface area contributed by atoms with Crippen molar-refractivity contribution in [3.8, 4) is 17.5 Å². The minimum absolute atomic E-state index is 0.164. The summed E-state index contributed by atoms with van der Waals surface area (Å²) in [6.07, 6.45) is 2.17. The molecule has 128 valence electrons. The van der Waals surface area contributed by atoms with Crippen molar-refractivity contribution in [1.82, 2.24) is 20.1 Å². The Morgan fingerprint density at radius 2 is 2.00 bits per heavy atom. The molecule has 0 bridgehead atoms. The van der Waals surface area contributed by atoms with Gasteiger partial charge in [-0.1, -0.05) is 5.16 Å². The van der Waals surface area contributed by atoms with Gasteiger partial charge in [0.1, 0.15) is 11.3 Å². The number of nitrogens with zero attached hydrogens (tertiary/aromatic N) is 5. The maximum Gasteiger partial charge on any atom is 0.344 e. The zero-order valence-corrected chi connectivity index (χ0v) is 13.9. The van der Waals surface area contributed by atoms with E-state index in [0.29, 0.717) is 11.7 Å². The number of aryl methyl sites for hydroxylation is 1. The number of ether oxygens (including phenoxy) is 2. The molecule has 3 rings (SSSR count). The second kappa shape index (κ2) is 6.81. The zero-order chi connectivity index (χ0) is 17.1. The molecule has 0 radical (unpaired) electrons. The average Bonchev–Trinajstić information content (AvgIpc) is 3.24. The summed E-state index contributed by atoms with van der Waals surface area (Å²) in [7, 11) is 1.48. The van der Waals surface area contributed by atoms with Gasteiger partial charge in [-0.05, 0) is 26.7 Å². The van der Waals surface area contributed by atoms with Crippen LogP contribution in [0.2, 0.25) is 0 Å². The van der Waals surface area contributed by atoms with Crippen molar-refractivity contribution >= 4 is 11.9 Å². The van der Waals surface area contributed by atoms with E-state index in [2.05, 4.69) is 20.1 Å². The van der Waals surface area contributed by atoms with Crippen LogP contribution in [0.15, 0.2) is 4.52 Å². The molecule has 1 fully saturated rings. The average molecular weight is 333 g/mol. The zero-order valence-electron chi connectivity index (χ0n) is 13.9. The van der Waals surface area contributed by atoms with Crippen molar-refractivity contribution in [3.05, 3.63) is 11.3 Å². The molecule has 9 heteroatoms. The number of anilines is 1. The fraction of sp³-hybridized carbons (Fsp3) is 0.533. The number of methoxy groups -OCH3 is 1. The Bertz CT molecular complexity index is 739. The third kappa shape index (κ3) is 3.01. The summed E-state index contributed by atoms with van der Waals surface area (Å²) < 4.78 is 15.4. The Morgan fingerprint density at radius 1 is 1.25 bits per heavy atom. The van der Waals surface area contributed by atoms with E-state index in [1.807, 2.05) is 4.90 Å². The number of hydrogen-bond acceptors (Lipinski definition) is 9. The van der Waals surface area contributed by atoms with Crippen LogP contribution in [0.5, 0.6) is 6.01 Å². The molecule has 0 saturated carbocycles. The van der Waals surface area contributed by atoms with Gasteiger partial charge in [-0.2, -0.15) is 15.0 Å². The minimum Gasteiger partial charge on any atom is -0.467 e. The number of carbonyl (C=O) groups excluding carboxylic acids is 1. The fourth-order valence-electron chi connectivity index (χ4n) is 2.57. The summed E-state index contributed by atoms with van der Waals surface area (Å²) >= 11 is 0. The Morgan fingerprint density at radius 3 is 2.67 bits per heavy atom. The number of rotatable bonds is 5. The first-order chi connectivity index (χ1) is 11.6. The lowest BCUT2D eigenvalue weighted by atomic mass is 10.2. The third-order valence-corrected chi connectivity index (χ3v) is 3.73. The third-order valence-electron chi connectivity index (χ3n) is 3.73. The molecule has 0 aliphatic carbocycles. The maximum absolute atomic E-state index is 12.2. The molecule has 3 heterocycles. The molecular formula is C15H19N5O4. The molecule has 1 saturated heterocycles. The van der Waals surface area contributed by atoms with Crippen molar-refractivity contribution in [3.63, 3.8) is 0 Å². The highest BCUT2D eigenvalue weighted by atomic mass is 16.5. The molecule has 9 nitrogen and oxygen atoms in total. The predicted octanol–water partition coefficient (Wildman–Crippen LogP) is 1.62. The molecule has 0 unspecified atom stereocenters. The van der Waals surface area contributed by atoms with E-state index < -0.39 is 5.97 Å². The fourth-order valence-corrected chi connectivity index (χ4v) is 2.57. The van der Waals surface area contributed by atoms with Crippen molar-refractivity contribution in [1.29, 1.82) is 0 Å². The van der Waals surface area contributed by atoms with Gasteiger partial charge in [-0.3, -0.25) is 0 Å². The molecule has 0 atom stereocenters. The monoisotopic (exact) mass is 333 g/mol. The van der Waals surface area contributed by atoms with E-state index in [4.69, 9.17) is 14.0 Å². The Hall–Kier alpha value is -2.71. The minimum atomic E-state index is -0.520. The first-order valence-corrected chi connectivity index (χ1v) is 7.82. The van der Waals surface area contributed by atoms with Crippen molar-refractivity contribution < 1.29 is 18.8 Å². The summed E-state index contributed by atoms with van der Waals surface area (Å²) in [6.45, 7) is 5.37. The van der Waals surface area contributed by atoms with Crippen LogP contribution in [-0.4, -0.2) is 52.9 Å². The molecule has 0 amide bonds. The lowest BCUT2D eigenvalue weighted by Gasteiger charge is -2.15. The van der Waals surface area contributed by atoms with E-state index in [9.17, 15) is 4.79 Å². The summed E-state index contributed by atoms with van der Waals surface area (Å²) in [5.74, 6) is 0.562. The lowest BCUT2D eigenvalue weighted by molar-refractivity contribution is 0.0525. The van der Waals surface area contributed by atoms with Crippen LogP contribution in [-0.2, 0) is 4.74 Å². The molecule has 2 aromatic heterocycles. The Balaban J connectivity index is 2.06. The lowest BCUT2D eigenvalue weighted by Crippen LogP contribution is -2.21. The molecule has 0 N–H and O–H groups in total. The summed E-state index contributed by atoms with van der Waals surface area (Å²) in [4.78, 5) is 27.2. The van der Waals surface area contributed by atoms with Gasteiger partial charge in [0.2, 0.25) is 5.95 Å². The molecular weight excluding hydrogens is 314 g/mol. The highest BCUT2D eigenvalue weighted by Gasteiger charge is 2.27. The van der Waals surface area contributed by atoms with E-state index in [1.165, 1.54) is 7.11 Å². The van der Waals surface area contributed by atoms with Crippen LogP contribution < -0.4 is 9.64 Å². The van der Waals surface area contributed by atoms with Crippen molar-refractivity contribution in [2.45, 2.75) is 26.7 Å². The maximum atomic E-state index is 12.2. The quantitative estimate of drug-likeness (QED) is 0.755. The molecule has 24 heavy (non-hydrogen) atoms. The predicted molar refractivity (Wildman–Crippen MR) is 84.0 cm³/mol. The van der Waals surface area contributed by atoms with Crippen LogP contribution in [0.1, 0.15) is 35.9 Å². The van der Waals surface area contributed by atoms with Crippen LogP contribution in [0.25, 0.3) is 11.5 Å². The number of carbonyl (C=O) groups is 1. The van der Waals surface area contributed by atoms with Gasteiger partial charge < -0.3 is 18.9 Å². The molecule has 1 aliphatic heterocycles. The van der Waals surface area contributed by atoms with Crippen LogP contribution in [0.4, 0.5) is 5.95 Å². The molecule has 2 aromatic rings. The van der Waals surface area contributed by atoms with Crippen molar-refractivity contribution in [2.75, 3.05) is 31.7 Å². The van der Waals surface area contributed by atoms with E-state index in [1.54, 1.807) is 13.8 Å². The van der Waals surface area contributed by atoms with Gasteiger partial charge in [0.15, 0.2) is 11.5 Å². The molecule has 1 aliphatic rings. The largest absolute Gasteiger partial charge is 0.467 e. The summed E-state index contributed by atoms with van der Waals surface area (Å²) in [5.41, 5.74) is 0.449. The highest BCUT2D eigenvalue weighted by molar-refractivity contribution is 5.96. The summed E-state index contributed by atoms with van der Waals surface area (Å²) in [6, 6.07) is 0.164. The normalized spacial score (nSPS) is 14.0. The smallest absolute Gasteiger partial charge is 0.344 e. The number of esters is 1. The topological polar surface area (TPSA) is 103 Å². The van der Waals surface area contributed by atoms with E-state index in [0.717, 1.165) is 25.9 Å². The van der Waals surface area contributed by atoms with E-state index >= 15 is 0 Å². The Kier molecular flexibility index (Phi) is 4.59. The highest BCUT2D eigenvalue weighted by Crippen LogP contribution is 2.27. The molecule has 0 spiro atoms. The van der Waals surface area contributed by atoms with Gasteiger partial charge in [0.05, 0.1) is 13.7 Å². The SMILES string of the molecule is CCOC(=O)c1c(-c2nc(OC)nc(N3CCCC3)n2)noc1C. The summed E-state index contributed by atoms with van der Waals surface area (Å²) in [5, 5.41) is 3.93. The van der Waals surface area contributed by atoms with E-state index in [-0.39, 0.29) is 29.7 Å². The van der Waals surface area contributed by atoms with Gasteiger partial charge >= 0.3 is 12.0 Å².